The Hall–Kier alpha value is -1.84. The van der Waals surface area contributed by atoms with Crippen molar-refractivity contribution in [3.63, 3.8) is 0 Å². The van der Waals surface area contributed by atoms with E-state index < -0.39 is 11.4 Å². The van der Waals surface area contributed by atoms with Crippen LogP contribution in [0.3, 0.4) is 0 Å². The summed E-state index contributed by atoms with van der Waals surface area (Å²) < 4.78 is 0. The highest BCUT2D eigenvalue weighted by molar-refractivity contribution is 5.84. The van der Waals surface area contributed by atoms with Crippen LogP contribution in [0.15, 0.2) is 30.3 Å². The zero-order chi connectivity index (χ0) is 13.8. The second kappa shape index (κ2) is 5.67. The van der Waals surface area contributed by atoms with Gasteiger partial charge in [-0.05, 0) is 18.4 Å². The summed E-state index contributed by atoms with van der Waals surface area (Å²) in [6, 6.07) is 9.46. The van der Waals surface area contributed by atoms with Crippen LogP contribution in [0.4, 0.5) is 0 Å². The zero-order valence-electron chi connectivity index (χ0n) is 10.7. The molecule has 1 aromatic carbocycles. The van der Waals surface area contributed by atoms with Gasteiger partial charge in [0.15, 0.2) is 0 Å². The van der Waals surface area contributed by atoms with Crippen molar-refractivity contribution in [1.29, 1.82) is 0 Å². The summed E-state index contributed by atoms with van der Waals surface area (Å²) in [6.45, 7) is 3.53. The number of hydrogen-bond acceptors (Lipinski definition) is 2. The van der Waals surface area contributed by atoms with Gasteiger partial charge in [0.25, 0.3) is 0 Å². The highest BCUT2D eigenvalue weighted by atomic mass is 16.4. The molecular formula is C14H19NO3. The lowest BCUT2D eigenvalue weighted by atomic mass is 9.97. The van der Waals surface area contributed by atoms with Crippen molar-refractivity contribution in [2.75, 3.05) is 0 Å². The average molecular weight is 249 g/mol. The lowest BCUT2D eigenvalue weighted by Gasteiger charge is -2.08. The second-order valence-corrected chi connectivity index (χ2v) is 4.81. The molecule has 0 aliphatic heterocycles. The first-order valence-electron chi connectivity index (χ1n) is 5.98. The van der Waals surface area contributed by atoms with Gasteiger partial charge in [-0.1, -0.05) is 44.2 Å². The van der Waals surface area contributed by atoms with Crippen molar-refractivity contribution in [3.05, 3.63) is 35.9 Å². The van der Waals surface area contributed by atoms with E-state index in [1.54, 1.807) is 13.8 Å². The molecular weight excluding hydrogens is 230 g/mol. The monoisotopic (exact) mass is 249 g/mol. The van der Waals surface area contributed by atoms with Gasteiger partial charge in [-0.2, -0.15) is 0 Å². The van der Waals surface area contributed by atoms with E-state index in [2.05, 4.69) is 0 Å². The van der Waals surface area contributed by atoms with Crippen LogP contribution in [0, 0.1) is 5.92 Å². The van der Waals surface area contributed by atoms with Gasteiger partial charge in [-0.3, -0.25) is 9.59 Å². The molecule has 1 fully saturated rings. The Morgan fingerprint density at radius 3 is 1.94 bits per heavy atom. The maximum absolute atomic E-state index is 10.9. The first kappa shape index (κ1) is 14.2. The number of carboxylic acids is 1. The molecule has 0 unspecified atom stereocenters. The van der Waals surface area contributed by atoms with E-state index in [1.165, 1.54) is 0 Å². The fraction of sp³-hybridized carbons (Fsp3) is 0.429. The lowest BCUT2D eigenvalue weighted by Crippen LogP contribution is -2.19. The van der Waals surface area contributed by atoms with Crippen LogP contribution in [0.2, 0.25) is 0 Å². The molecule has 0 atom stereocenters. The molecule has 1 saturated carbocycles. The van der Waals surface area contributed by atoms with Crippen LogP contribution >= 0.6 is 0 Å². The molecule has 4 nitrogen and oxygen atoms in total. The molecule has 4 heteroatoms. The maximum Gasteiger partial charge on any atom is 0.314 e. The number of rotatable bonds is 3. The third-order valence-corrected chi connectivity index (χ3v) is 3.05. The van der Waals surface area contributed by atoms with Gasteiger partial charge in [0.1, 0.15) is 0 Å². The lowest BCUT2D eigenvalue weighted by molar-refractivity contribution is -0.140. The van der Waals surface area contributed by atoms with Crippen LogP contribution in [0.5, 0.6) is 0 Å². The fourth-order valence-electron chi connectivity index (χ4n) is 1.51. The third kappa shape index (κ3) is 3.32. The molecule has 0 saturated heterocycles. The average Bonchev–Trinajstić information content (AvgIpc) is 3.12. The Morgan fingerprint density at radius 1 is 1.22 bits per heavy atom. The Kier molecular flexibility index (Phi) is 4.48. The zero-order valence-corrected chi connectivity index (χ0v) is 10.7. The van der Waals surface area contributed by atoms with Crippen LogP contribution in [-0.4, -0.2) is 17.0 Å². The summed E-state index contributed by atoms with van der Waals surface area (Å²) >= 11 is 0. The number of aliphatic carboxylic acids is 1. The Morgan fingerprint density at radius 2 is 1.67 bits per heavy atom. The van der Waals surface area contributed by atoms with Crippen LogP contribution in [-0.2, 0) is 15.0 Å². The largest absolute Gasteiger partial charge is 0.481 e. The predicted molar refractivity (Wildman–Crippen MR) is 69.0 cm³/mol. The van der Waals surface area contributed by atoms with Crippen molar-refractivity contribution in [2.45, 2.75) is 32.1 Å². The van der Waals surface area contributed by atoms with Crippen LogP contribution in [0.1, 0.15) is 32.3 Å². The normalized spacial score (nSPS) is 15.5. The number of carbonyl (C=O) groups is 2. The number of carbonyl (C=O) groups excluding carboxylic acids is 1. The Labute approximate surface area is 107 Å². The van der Waals surface area contributed by atoms with E-state index in [0.29, 0.717) is 0 Å². The van der Waals surface area contributed by atoms with Gasteiger partial charge < -0.3 is 10.8 Å². The predicted octanol–water partition coefficient (Wildman–Crippen LogP) is 1.93. The number of benzene rings is 1. The number of primary amides is 1. The van der Waals surface area contributed by atoms with Crippen molar-refractivity contribution in [1.82, 2.24) is 0 Å². The Bertz CT molecular complexity index is 422. The van der Waals surface area contributed by atoms with Crippen molar-refractivity contribution >= 4 is 11.9 Å². The number of amides is 1. The van der Waals surface area contributed by atoms with Gasteiger partial charge in [0.2, 0.25) is 5.91 Å². The molecule has 1 aliphatic carbocycles. The summed E-state index contributed by atoms with van der Waals surface area (Å²) in [5.41, 5.74) is 5.20. The summed E-state index contributed by atoms with van der Waals surface area (Å²) in [5, 5.41) is 8.96. The molecule has 3 N–H and O–H groups in total. The molecule has 0 aromatic heterocycles. The van der Waals surface area contributed by atoms with E-state index in [-0.39, 0.29) is 11.8 Å². The minimum absolute atomic E-state index is 0.00926. The molecule has 0 spiro atoms. The molecule has 0 bridgehead atoms. The van der Waals surface area contributed by atoms with Crippen LogP contribution < -0.4 is 5.73 Å². The van der Waals surface area contributed by atoms with E-state index >= 15 is 0 Å². The SMILES string of the molecule is CC(C)C(N)=O.O=C(O)C1(c2ccccc2)CC1. The van der Waals surface area contributed by atoms with E-state index in [1.807, 2.05) is 30.3 Å². The smallest absolute Gasteiger partial charge is 0.314 e. The molecule has 18 heavy (non-hydrogen) atoms. The number of nitrogens with two attached hydrogens (primary N) is 1. The topological polar surface area (TPSA) is 80.4 Å². The van der Waals surface area contributed by atoms with Gasteiger partial charge in [-0.25, -0.2) is 0 Å². The number of carboxylic acid groups (broad SMARTS) is 1. The first-order chi connectivity index (χ1) is 8.40. The molecule has 98 valence electrons. The molecule has 2 rings (SSSR count). The fourth-order valence-corrected chi connectivity index (χ4v) is 1.51. The standard InChI is InChI=1S/C10H10O2.C4H9NO/c11-9(12)10(6-7-10)8-4-2-1-3-5-8;1-3(2)4(5)6/h1-5H,6-7H2,(H,11,12);3H,1-2H3,(H2,5,6). The minimum Gasteiger partial charge on any atom is -0.481 e. The minimum atomic E-state index is -0.686. The molecule has 0 heterocycles. The van der Waals surface area contributed by atoms with Crippen molar-refractivity contribution < 1.29 is 14.7 Å². The number of hydrogen-bond donors (Lipinski definition) is 2. The van der Waals surface area contributed by atoms with Crippen molar-refractivity contribution in [2.24, 2.45) is 11.7 Å². The molecule has 1 aliphatic rings. The van der Waals surface area contributed by atoms with E-state index in [0.717, 1.165) is 18.4 Å². The summed E-state index contributed by atoms with van der Waals surface area (Å²) in [7, 11) is 0. The summed E-state index contributed by atoms with van der Waals surface area (Å²) in [5.74, 6) is -0.936. The summed E-state index contributed by atoms with van der Waals surface area (Å²) in [4.78, 5) is 20.8. The van der Waals surface area contributed by atoms with E-state index in [4.69, 9.17) is 10.8 Å². The molecule has 0 radical (unpaired) electrons. The molecule has 1 aromatic rings. The first-order valence-corrected chi connectivity index (χ1v) is 5.98. The second-order valence-electron chi connectivity index (χ2n) is 4.81. The summed E-state index contributed by atoms with van der Waals surface area (Å²) in [6.07, 6.45) is 1.57. The molecule has 1 amide bonds. The quantitative estimate of drug-likeness (QED) is 0.858. The van der Waals surface area contributed by atoms with Crippen LogP contribution in [0.25, 0.3) is 0 Å². The Balaban J connectivity index is 0.000000232. The van der Waals surface area contributed by atoms with Gasteiger partial charge in [0, 0.05) is 5.92 Å². The van der Waals surface area contributed by atoms with Gasteiger partial charge >= 0.3 is 5.97 Å². The van der Waals surface area contributed by atoms with Gasteiger partial charge in [0.05, 0.1) is 5.41 Å². The highest BCUT2D eigenvalue weighted by Gasteiger charge is 2.51. The third-order valence-electron chi connectivity index (χ3n) is 3.05. The van der Waals surface area contributed by atoms with E-state index in [9.17, 15) is 9.59 Å². The maximum atomic E-state index is 10.9. The van der Waals surface area contributed by atoms with Gasteiger partial charge in [-0.15, -0.1) is 0 Å². The highest BCUT2D eigenvalue weighted by Crippen LogP contribution is 2.48. The van der Waals surface area contributed by atoms with Crippen molar-refractivity contribution in [3.8, 4) is 0 Å².